The van der Waals surface area contributed by atoms with E-state index in [1.807, 2.05) is 6.92 Å². The topological polar surface area (TPSA) is 35.5 Å². The van der Waals surface area contributed by atoms with E-state index in [4.69, 9.17) is 9.47 Å². The van der Waals surface area contributed by atoms with Crippen molar-refractivity contribution < 1.29 is 14.3 Å². The Bertz CT molecular complexity index is 150. The number of rotatable bonds is 3. The lowest BCUT2D eigenvalue weighted by Gasteiger charge is -2.36. The third-order valence-corrected chi connectivity index (χ3v) is 2.57. The molecule has 0 amide bonds. The molecule has 1 heterocycles. The molecule has 0 saturated carbocycles. The van der Waals surface area contributed by atoms with E-state index in [1.165, 1.54) is 0 Å². The first kappa shape index (κ1) is 9.68. The van der Waals surface area contributed by atoms with Crippen LogP contribution in [0.25, 0.3) is 0 Å². The van der Waals surface area contributed by atoms with Crippen LogP contribution in [0.2, 0.25) is 0 Å². The van der Waals surface area contributed by atoms with Gasteiger partial charge in [-0.1, -0.05) is 0 Å². The van der Waals surface area contributed by atoms with Gasteiger partial charge in [-0.15, -0.1) is 0 Å². The molecule has 1 fully saturated rings. The summed E-state index contributed by atoms with van der Waals surface area (Å²) in [6, 6.07) is 0. The molecule has 2 atom stereocenters. The van der Waals surface area contributed by atoms with Crippen LogP contribution in [0.15, 0.2) is 0 Å². The van der Waals surface area contributed by atoms with Crippen molar-refractivity contribution in [3.8, 4) is 0 Å². The van der Waals surface area contributed by atoms with Gasteiger partial charge in [-0.3, -0.25) is 0 Å². The van der Waals surface area contributed by atoms with Crippen molar-refractivity contribution in [2.45, 2.75) is 37.9 Å². The number of aldehydes is 1. The van der Waals surface area contributed by atoms with Crippen LogP contribution in [0.4, 0.5) is 0 Å². The third kappa shape index (κ3) is 1.67. The van der Waals surface area contributed by atoms with Crippen LogP contribution < -0.4 is 0 Å². The number of hydrogen-bond donors (Lipinski definition) is 0. The molecule has 70 valence electrons. The highest BCUT2D eigenvalue weighted by molar-refractivity contribution is 5.63. The van der Waals surface area contributed by atoms with Crippen molar-refractivity contribution in [1.29, 1.82) is 0 Å². The van der Waals surface area contributed by atoms with E-state index in [0.29, 0.717) is 6.61 Å². The molecule has 0 aromatic heterocycles. The van der Waals surface area contributed by atoms with E-state index < -0.39 is 5.60 Å². The fourth-order valence-corrected chi connectivity index (χ4v) is 1.55. The van der Waals surface area contributed by atoms with Gasteiger partial charge in [-0.05, 0) is 26.2 Å². The van der Waals surface area contributed by atoms with E-state index in [9.17, 15) is 4.79 Å². The Morgan fingerprint density at radius 1 is 1.58 bits per heavy atom. The van der Waals surface area contributed by atoms with Crippen LogP contribution in [-0.2, 0) is 14.3 Å². The Hall–Kier alpha value is -0.410. The molecule has 0 aliphatic carbocycles. The summed E-state index contributed by atoms with van der Waals surface area (Å²) >= 11 is 0. The van der Waals surface area contributed by atoms with Crippen molar-refractivity contribution in [3.63, 3.8) is 0 Å². The lowest BCUT2D eigenvalue weighted by Crippen LogP contribution is -2.48. The van der Waals surface area contributed by atoms with Crippen molar-refractivity contribution in [2.24, 2.45) is 0 Å². The highest BCUT2D eigenvalue weighted by Crippen LogP contribution is 2.27. The molecular weight excluding hydrogens is 156 g/mol. The van der Waals surface area contributed by atoms with Gasteiger partial charge in [-0.2, -0.15) is 0 Å². The second-order valence-electron chi connectivity index (χ2n) is 3.26. The fraction of sp³-hybridized carbons (Fsp3) is 0.889. The molecule has 0 radical (unpaired) electrons. The molecule has 0 bridgehead atoms. The Balaban J connectivity index is 2.65. The summed E-state index contributed by atoms with van der Waals surface area (Å²) < 4.78 is 10.6. The monoisotopic (exact) mass is 172 g/mol. The summed E-state index contributed by atoms with van der Waals surface area (Å²) in [7, 11) is 1.61. The van der Waals surface area contributed by atoms with Gasteiger partial charge >= 0.3 is 0 Å². The number of hydrogen-bond acceptors (Lipinski definition) is 3. The van der Waals surface area contributed by atoms with Gasteiger partial charge in [0.1, 0.15) is 5.60 Å². The van der Waals surface area contributed by atoms with Gasteiger partial charge in [0, 0.05) is 13.7 Å². The van der Waals surface area contributed by atoms with Gasteiger partial charge in [-0.25, -0.2) is 0 Å². The molecule has 0 N–H and O–H groups in total. The molecule has 1 aliphatic heterocycles. The molecular formula is C9H16O3. The number of carbonyl (C=O) groups excluding carboxylic acids is 1. The maximum Gasteiger partial charge on any atom is 0.154 e. The summed E-state index contributed by atoms with van der Waals surface area (Å²) in [6.07, 6.45) is 3.62. The Labute approximate surface area is 73.0 Å². The smallest absolute Gasteiger partial charge is 0.154 e. The molecule has 0 aromatic carbocycles. The van der Waals surface area contributed by atoms with Crippen LogP contribution in [0.5, 0.6) is 0 Å². The molecule has 0 spiro atoms. The first-order valence-electron chi connectivity index (χ1n) is 4.38. The zero-order valence-electron chi connectivity index (χ0n) is 7.71. The summed E-state index contributed by atoms with van der Waals surface area (Å²) in [5, 5.41) is 0. The van der Waals surface area contributed by atoms with Crippen LogP contribution in [0.3, 0.4) is 0 Å². The largest absolute Gasteiger partial charge is 0.378 e. The summed E-state index contributed by atoms with van der Waals surface area (Å²) in [6.45, 7) is 2.55. The minimum absolute atomic E-state index is 0.143. The van der Waals surface area contributed by atoms with Gasteiger partial charge in [0.15, 0.2) is 6.29 Å². The maximum atomic E-state index is 10.9. The van der Waals surface area contributed by atoms with Crippen molar-refractivity contribution in [1.82, 2.24) is 0 Å². The third-order valence-electron chi connectivity index (χ3n) is 2.57. The molecule has 0 aromatic rings. The summed E-state index contributed by atoms with van der Waals surface area (Å²) in [4.78, 5) is 10.9. The fourth-order valence-electron chi connectivity index (χ4n) is 1.55. The molecule has 3 nitrogen and oxygen atoms in total. The maximum absolute atomic E-state index is 10.9. The number of methoxy groups -OCH3 is 1. The molecule has 1 saturated heterocycles. The van der Waals surface area contributed by atoms with Gasteiger partial charge in [0.05, 0.1) is 6.10 Å². The quantitative estimate of drug-likeness (QED) is 0.599. The first-order chi connectivity index (χ1) is 5.75. The van der Waals surface area contributed by atoms with E-state index in [-0.39, 0.29) is 6.10 Å². The second-order valence-corrected chi connectivity index (χ2v) is 3.26. The summed E-state index contributed by atoms with van der Waals surface area (Å²) in [5.74, 6) is 0. The number of ether oxygens (including phenoxy) is 2. The van der Waals surface area contributed by atoms with Crippen LogP contribution >= 0.6 is 0 Å². The Kier molecular flexibility index (Phi) is 3.23. The highest BCUT2D eigenvalue weighted by Gasteiger charge is 2.38. The minimum Gasteiger partial charge on any atom is -0.378 e. The molecule has 3 heteroatoms. The lowest BCUT2D eigenvalue weighted by atomic mass is 9.90. The van der Waals surface area contributed by atoms with Crippen LogP contribution in [0.1, 0.15) is 26.2 Å². The molecule has 2 unspecified atom stereocenters. The SMILES string of the molecule is COC(C)C1(C=O)CCCCO1. The zero-order valence-corrected chi connectivity index (χ0v) is 7.71. The van der Waals surface area contributed by atoms with Gasteiger partial charge in [0.2, 0.25) is 0 Å². The van der Waals surface area contributed by atoms with E-state index in [1.54, 1.807) is 7.11 Å². The van der Waals surface area contributed by atoms with Crippen molar-refractivity contribution in [3.05, 3.63) is 0 Å². The molecule has 1 aliphatic rings. The molecule has 12 heavy (non-hydrogen) atoms. The van der Waals surface area contributed by atoms with Crippen molar-refractivity contribution >= 4 is 6.29 Å². The van der Waals surface area contributed by atoms with Gasteiger partial charge in [0.25, 0.3) is 0 Å². The summed E-state index contributed by atoms with van der Waals surface area (Å²) in [5.41, 5.74) is -0.674. The van der Waals surface area contributed by atoms with Crippen molar-refractivity contribution in [2.75, 3.05) is 13.7 Å². The average Bonchev–Trinajstić information content (AvgIpc) is 2.17. The Morgan fingerprint density at radius 2 is 2.33 bits per heavy atom. The van der Waals surface area contributed by atoms with E-state index in [2.05, 4.69) is 0 Å². The van der Waals surface area contributed by atoms with E-state index in [0.717, 1.165) is 25.5 Å². The van der Waals surface area contributed by atoms with Crippen LogP contribution in [-0.4, -0.2) is 31.7 Å². The van der Waals surface area contributed by atoms with Crippen LogP contribution in [0, 0.1) is 0 Å². The standard InChI is InChI=1S/C9H16O3/c1-8(11-2)9(7-10)5-3-4-6-12-9/h7-8H,3-6H2,1-2H3. The average molecular weight is 172 g/mol. The zero-order chi connectivity index (χ0) is 9.03. The molecule has 1 rings (SSSR count). The number of carbonyl (C=O) groups is 1. The predicted molar refractivity (Wildman–Crippen MR) is 45.1 cm³/mol. The lowest BCUT2D eigenvalue weighted by molar-refractivity contribution is -0.162. The second kappa shape index (κ2) is 4.01. The normalized spacial score (nSPS) is 32.8. The first-order valence-corrected chi connectivity index (χ1v) is 4.38. The van der Waals surface area contributed by atoms with Gasteiger partial charge < -0.3 is 14.3 Å². The minimum atomic E-state index is -0.674. The highest BCUT2D eigenvalue weighted by atomic mass is 16.5. The Morgan fingerprint density at radius 3 is 2.75 bits per heavy atom. The predicted octanol–water partition coefficient (Wildman–Crippen LogP) is 1.16. The van der Waals surface area contributed by atoms with E-state index >= 15 is 0 Å².